The van der Waals surface area contributed by atoms with E-state index in [0.29, 0.717) is 11.1 Å². The normalized spacial score (nSPS) is 14.0. The second-order valence-electron chi connectivity index (χ2n) is 5.06. The molecule has 108 valence electrons. The predicted octanol–water partition coefficient (Wildman–Crippen LogP) is 3.08. The Balaban J connectivity index is 1.93. The summed E-state index contributed by atoms with van der Waals surface area (Å²) >= 11 is 0. The monoisotopic (exact) mass is 296 g/mol. The number of anilines is 1. The van der Waals surface area contributed by atoms with Gasteiger partial charge in [0.25, 0.3) is 11.8 Å². The highest BCUT2D eigenvalue weighted by atomic mass is 19.1. The number of imide groups is 1. The maximum Gasteiger partial charge on any atom is 0.266 e. The van der Waals surface area contributed by atoms with E-state index in [9.17, 15) is 14.0 Å². The van der Waals surface area contributed by atoms with Crippen molar-refractivity contribution < 1.29 is 18.5 Å². The fourth-order valence-corrected chi connectivity index (χ4v) is 2.65. The van der Waals surface area contributed by atoms with Crippen LogP contribution in [0, 0.1) is 12.7 Å². The van der Waals surface area contributed by atoms with Crippen molar-refractivity contribution in [2.75, 3.05) is 4.90 Å². The summed E-state index contributed by atoms with van der Waals surface area (Å²) in [6.07, 6.45) is 0. The number of aryl methyl sites for hydroxylation is 1. The van der Waals surface area contributed by atoms with Gasteiger partial charge in [-0.05, 0) is 25.1 Å². The summed E-state index contributed by atoms with van der Waals surface area (Å²) in [7, 11) is 0. The zero-order valence-electron chi connectivity index (χ0n) is 11.5. The van der Waals surface area contributed by atoms with Crippen LogP contribution < -0.4 is 4.90 Å². The minimum absolute atomic E-state index is 0.0926. The average Bonchev–Trinajstić information content (AvgIpc) is 2.99. The lowest BCUT2D eigenvalue weighted by molar-refractivity contribution is 0.0925. The molecule has 3 aromatic rings. The van der Waals surface area contributed by atoms with Crippen LogP contribution in [-0.2, 0) is 0 Å². The van der Waals surface area contributed by atoms with Gasteiger partial charge in [0.15, 0.2) is 11.4 Å². The molecular weight excluding hydrogens is 287 g/mol. The maximum absolute atomic E-state index is 14.3. The van der Waals surface area contributed by atoms with E-state index in [-0.39, 0.29) is 22.4 Å². The Bertz CT molecular complexity index is 926. The van der Waals surface area contributed by atoms with Crippen molar-refractivity contribution in [1.82, 2.24) is 5.16 Å². The van der Waals surface area contributed by atoms with Crippen LogP contribution in [0.2, 0.25) is 0 Å². The smallest absolute Gasteiger partial charge is 0.266 e. The first-order chi connectivity index (χ1) is 10.6. The Labute approximate surface area is 123 Å². The summed E-state index contributed by atoms with van der Waals surface area (Å²) in [5.41, 5.74) is 1.29. The first kappa shape index (κ1) is 12.7. The molecule has 22 heavy (non-hydrogen) atoms. The molecule has 0 N–H and O–H groups in total. The molecule has 0 bridgehead atoms. The molecule has 6 heteroatoms. The van der Waals surface area contributed by atoms with Crippen molar-refractivity contribution in [3.05, 3.63) is 59.0 Å². The number of halogens is 1. The van der Waals surface area contributed by atoms with Gasteiger partial charge in [0.2, 0.25) is 0 Å². The molecule has 2 amide bonds. The lowest BCUT2D eigenvalue weighted by Gasteiger charge is -2.14. The van der Waals surface area contributed by atoms with Crippen molar-refractivity contribution in [3.8, 4) is 0 Å². The van der Waals surface area contributed by atoms with E-state index in [4.69, 9.17) is 4.52 Å². The highest BCUT2D eigenvalue weighted by Crippen LogP contribution is 2.33. The topological polar surface area (TPSA) is 63.4 Å². The Hall–Kier alpha value is -3.02. The number of nitrogens with zero attached hydrogens (tertiary/aromatic N) is 2. The molecule has 1 aliphatic heterocycles. The van der Waals surface area contributed by atoms with Crippen LogP contribution in [0.15, 0.2) is 40.9 Å². The van der Waals surface area contributed by atoms with E-state index in [1.54, 1.807) is 31.2 Å². The van der Waals surface area contributed by atoms with Gasteiger partial charge in [-0.3, -0.25) is 9.59 Å². The van der Waals surface area contributed by atoms with E-state index >= 15 is 0 Å². The van der Waals surface area contributed by atoms with Crippen LogP contribution >= 0.6 is 0 Å². The number of carbonyl (C=O) groups is 2. The van der Waals surface area contributed by atoms with Gasteiger partial charge in [0, 0.05) is 11.5 Å². The van der Waals surface area contributed by atoms with Crippen LogP contribution in [0.25, 0.3) is 11.0 Å². The third-order valence-electron chi connectivity index (χ3n) is 3.75. The SMILES string of the molecule is Cc1noc2cc(F)c(N3C(=O)c4ccccc4C3=O)cc12. The van der Waals surface area contributed by atoms with E-state index < -0.39 is 17.6 Å². The van der Waals surface area contributed by atoms with Crippen molar-refractivity contribution in [1.29, 1.82) is 0 Å². The largest absolute Gasteiger partial charge is 0.356 e. The zero-order chi connectivity index (χ0) is 15.4. The first-order valence-electron chi connectivity index (χ1n) is 6.61. The second kappa shape index (κ2) is 4.24. The second-order valence-corrected chi connectivity index (χ2v) is 5.06. The molecule has 4 rings (SSSR count). The summed E-state index contributed by atoms with van der Waals surface area (Å²) in [4.78, 5) is 25.7. The fraction of sp³-hybridized carbons (Fsp3) is 0.0625. The molecule has 0 saturated heterocycles. The van der Waals surface area contributed by atoms with Gasteiger partial charge in [0.05, 0.1) is 22.5 Å². The average molecular weight is 296 g/mol. The molecule has 2 aromatic carbocycles. The number of rotatable bonds is 1. The Morgan fingerprint density at radius 2 is 1.73 bits per heavy atom. The summed E-state index contributed by atoms with van der Waals surface area (Å²) in [5, 5.41) is 4.31. The van der Waals surface area contributed by atoms with E-state index in [2.05, 4.69) is 5.16 Å². The quantitative estimate of drug-likeness (QED) is 0.647. The summed E-state index contributed by atoms with van der Waals surface area (Å²) in [6.45, 7) is 1.70. The van der Waals surface area contributed by atoms with Gasteiger partial charge in [-0.1, -0.05) is 17.3 Å². The summed E-state index contributed by atoms with van der Waals surface area (Å²) < 4.78 is 19.3. The highest BCUT2D eigenvalue weighted by molar-refractivity contribution is 6.34. The van der Waals surface area contributed by atoms with E-state index in [1.165, 1.54) is 6.07 Å². The number of carbonyl (C=O) groups excluding carboxylic acids is 2. The third-order valence-corrected chi connectivity index (χ3v) is 3.75. The van der Waals surface area contributed by atoms with E-state index in [0.717, 1.165) is 11.0 Å². The van der Waals surface area contributed by atoms with Crippen molar-refractivity contribution in [2.45, 2.75) is 6.92 Å². The van der Waals surface area contributed by atoms with Crippen LogP contribution in [0.3, 0.4) is 0 Å². The number of fused-ring (bicyclic) bond motifs is 2. The molecule has 0 spiro atoms. The minimum atomic E-state index is -0.710. The van der Waals surface area contributed by atoms with Crippen molar-refractivity contribution >= 4 is 28.5 Å². The molecule has 1 aliphatic rings. The van der Waals surface area contributed by atoms with Crippen molar-refractivity contribution in [3.63, 3.8) is 0 Å². The number of hydrogen-bond acceptors (Lipinski definition) is 4. The number of hydrogen-bond donors (Lipinski definition) is 0. The van der Waals surface area contributed by atoms with Crippen LogP contribution in [0.1, 0.15) is 26.4 Å². The lowest BCUT2D eigenvalue weighted by atomic mass is 10.1. The molecular formula is C16H9FN2O3. The summed E-state index contributed by atoms with van der Waals surface area (Å²) in [6, 6.07) is 8.98. The molecule has 5 nitrogen and oxygen atoms in total. The van der Waals surface area contributed by atoms with Crippen molar-refractivity contribution in [2.24, 2.45) is 0 Å². The molecule has 0 saturated carbocycles. The molecule has 0 atom stereocenters. The maximum atomic E-state index is 14.3. The lowest BCUT2D eigenvalue weighted by Crippen LogP contribution is -2.30. The molecule has 0 unspecified atom stereocenters. The molecule has 1 aromatic heterocycles. The van der Waals surface area contributed by atoms with Crippen LogP contribution in [-0.4, -0.2) is 17.0 Å². The number of benzene rings is 2. The van der Waals surface area contributed by atoms with Crippen LogP contribution in [0.5, 0.6) is 0 Å². The number of amides is 2. The zero-order valence-corrected chi connectivity index (χ0v) is 11.5. The minimum Gasteiger partial charge on any atom is -0.356 e. The third kappa shape index (κ3) is 1.54. The highest BCUT2D eigenvalue weighted by Gasteiger charge is 2.38. The fourth-order valence-electron chi connectivity index (χ4n) is 2.65. The molecule has 0 aliphatic carbocycles. The Morgan fingerprint density at radius 1 is 1.09 bits per heavy atom. The van der Waals surface area contributed by atoms with E-state index in [1.807, 2.05) is 0 Å². The Kier molecular flexibility index (Phi) is 2.45. The molecule has 2 heterocycles. The standard InChI is InChI=1S/C16H9FN2O3/c1-8-11-6-13(12(17)7-14(11)22-18-8)19-15(20)9-4-2-3-5-10(9)16(19)21/h2-7H,1H3. The Morgan fingerprint density at radius 3 is 2.36 bits per heavy atom. The summed E-state index contributed by atoms with van der Waals surface area (Å²) in [5.74, 6) is -1.78. The van der Waals surface area contributed by atoms with Gasteiger partial charge in [0.1, 0.15) is 0 Å². The molecule has 0 fully saturated rings. The first-order valence-corrected chi connectivity index (χ1v) is 6.61. The molecule has 0 radical (unpaired) electrons. The number of aromatic nitrogens is 1. The predicted molar refractivity (Wildman–Crippen MR) is 76.3 cm³/mol. The van der Waals surface area contributed by atoms with Gasteiger partial charge in [-0.15, -0.1) is 0 Å². The van der Waals surface area contributed by atoms with Gasteiger partial charge in [-0.25, -0.2) is 9.29 Å². The van der Waals surface area contributed by atoms with Gasteiger partial charge >= 0.3 is 0 Å². The van der Waals surface area contributed by atoms with Gasteiger partial charge in [-0.2, -0.15) is 0 Å². The van der Waals surface area contributed by atoms with Crippen LogP contribution in [0.4, 0.5) is 10.1 Å². The van der Waals surface area contributed by atoms with Gasteiger partial charge < -0.3 is 4.52 Å².